The number of halogens is 1. The van der Waals surface area contributed by atoms with Gasteiger partial charge in [0.2, 0.25) is 0 Å². The molecule has 0 bridgehead atoms. The van der Waals surface area contributed by atoms with E-state index >= 15 is 0 Å². The van der Waals surface area contributed by atoms with Crippen molar-refractivity contribution in [3.8, 4) is 0 Å². The summed E-state index contributed by atoms with van der Waals surface area (Å²) in [4.78, 5) is 0. The van der Waals surface area contributed by atoms with Crippen molar-refractivity contribution in [1.82, 2.24) is 0 Å². The fraction of sp³-hybridized carbons (Fsp3) is 1.00. The Morgan fingerprint density at radius 2 is 1.50 bits per heavy atom. The second-order valence-electron chi connectivity index (χ2n) is 3.34. The van der Waals surface area contributed by atoms with Gasteiger partial charge in [-0.25, -0.2) is 4.39 Å². The Balaban J connectivity index is 2.82. The first-order valence-corrected chi connectivity index (χ1v) is 5.09. The minimum Gasteiger partial charge on any atom is -0.364 e. The molecule has 0 amide bonds. The van der Waals surface area contributed by atoms with E-state index in [2.05, 4.69) is 6.92 Å². The van der Waals surface area contributed by atoms with Gasteiger partial charge in [0, 0.05) is 6.42 Å². The lowest BCUT2D eigenvalue weighted by Gasteiger charge is -2.01. The number of unbranched alkanes of at least 4 members (excludes halogenated alkanes) is 6. The molecule has 0 aliphatic carbocycles. The van der Waals surface area contributed by atoms with E-state index in [1.54, 1.807) is 0 Å². The van der Waals surface area contributed by atoms with Gasteiger partial charge in [-0.1, -0.05) is 45.4 Å². The lowest BCUT2D eigenvalue weighted by Crippen LogP contribution is -1.95. The Morgan fingerprint density at radius 1 is 1.00 bits per heavy atom. The minimum atomic E-state index is -1.60. The first-order valence-electron chi connectivity index (χ1n) is 5.09. The van der Waals surface area contributed by atoms with Gasteiger partial charge in [-0.15, -0.1) is 0 Å². The predicted octanol–water partition coefficient (Wildman–Crippen LogP) is 3.42. The summed E-state index contributed by atoms with van der Waals surface area (Å²) < 4.78 is 11.9. The molecule has 0 aliphatic heterocycles. The zero-order valence-electron chi connectivity index (χ0n) is 8.06. The zero-order valence-corrected chi connectivity index (χ0v) is 8.06. The van der Waals surface area contributed by atoms with Gasteiger partial charge < -0.3 is 5.11 Å². The fourth-order valence-corrected chi connectivity index (χ4v) is 1.27. The maximum Gasteiger partial charge on any atom is 0.196 e. The molecule has 0 aromatic rings. The maximum absolute atomic E-state index is 11.9. The number of hydrogen-bond acceptors (Lipinski definition) is 1. The summed E-state index contributed by atoms with van der Waals surface area (Å²) >= 11 is 0. The van der Waals surface area contributed by atoms with Gasteiger partial charge in [-0.05, 0) is 6.42 Å². The molecule has 0 rings (SSSR count). The highest BCUT2D eigenvalue weighted by molar-refractivity contribution is 4.46. The van der Waals surface area contributed by atoms with Crippen LogP contribution in [0.25, 0.3) is 0 Å². The normalized spacial score (nSPS) is 13.2. The van der Waals surface area contributed by atoms with Crippen molar-refractivity contribution < 1.29 is 9.50 Å². The van der Waals surface area contributed by atoms with Crippen molar-refractivity contribution in [3.05, 3.63) is 0 Å². The summed E-state index contributed by atoms with van der Waals surface area (Å²) in [5.74, 6) is 0. The minimum absolute atomic E-state index is 0.313. The van der Waals surface area contributed by atoms with Crippen molar-refractivity contribution in [2.45, 2.75) is 64.6 Å². The fourth-order valence-electron chi connectivity index (χ4n) is 1.27. The van der Waals surface area contributed by atoms with Gasteiger partial charge in [0.05, 0.1) is 0 Å². The van der Waals surface area contributed by atoms with Crippen molar-refractivity contribution in [3.63, 3.8) is 0 Å². The van der Waals surface area contributed by atoms with Crippen LogP contribution in [0.3, 0.4) is 0 Å². The van der Waals surface area contributed by atoms with E-state index in [1.807, 2.05) is 0 Å². The lowest BCUT2D eigenvalue weighted by atomic mass is 10.1. The molecule has 0 aromatic heterocycles. The molecule has 1 atom stereocenters. The topological polar surface area (TPSA) is 20.2 Å². The summed E-state index contributed by atoms with van der Waals surface area (Å²) in [5.41, 5.74) is 0. The van der Waals surface area contributed by atoms with E-state index in [1.165, 1.54) is 32.1 Å². The van der Waals surface area contributed by atoms with Crippen LogP contribution < -0.4 is 0 Å². The molecule has 0 saturated heterocycles. The molecule has 0 aliphatic rings. The molecule has 0 aromatic carbocycles. The summed E-state index contributed by atoms with van der Waals surface area (Å²) in [7, 11) is 0. The summed E-state index contributed by atoms with van der Waals surface area (Å²) in [5, 5.41) is 8.33. The third-order valence-corrected chi connectivity index (χ3v) is 2.05. The van der Waals surface area contributed by atoms with E-state index < -0.39 is 6.36 Å². The Morgan fingerprint density at radius 3 is 2.00 bits per heavy atom. The monoisotopic (exact) mass is 176 g/mol. The molecule has 0 fully saturated rings. The molecule has 0 spiro atoms. The lowest BCUT2D eigenvalue weighted by molar-refractivity contribution is 0.0323. The van der Waals surface area contributed by atoms with Gasteiger partial charge in [0.15, 0.2) is 6.36 Å². The average Bonchev–Trinajstić information content (AvgIpc) is 2.02. The molecular weight excluding hydrogens is 155 g/mol. The highest BCUT2D eigenvalue weighted by Crippen LogP contribution is 2.09. The van der Waals surface area contributed by atoms with E-state index in [4.69, 9.17) is 5.11 Å². The molecule has 0 radical (unpaired) electrons. The molecule has 1 unspecified atom stereocenters. The largest absolute Gasteiger partial charge is 0.364 e. The molecule has 12 heavy (non-hydrogen) atoms. The highest BCUT2D eigenvalue weighted by Gasteiger charge is 1.98. The van der Waals surface area contributed by atoms with Crippen LogP contribution in [-0.4, -0.2) is 11.5 Å². The van der Waals surface area contributed by atoms with E-state index in [0.717, 1.165) is 12.8 Å². The smallest absolute Gasteiger partial charge is 0.196 e. The summed E-state index contributed by atoms with van der Waals surface area (Å²) in [6, 6.07) is 0. The van der Waals surface area contributed by atoms with Gasteiger partial charge in [0.25, 0.3) is 0 Å². The molecule has 0 saturated carbocycles. The van der Waals surface area contributed by atoms with E-state index in [9.17, 15) is 4.39 Å². The number of aliphatic hydroxyl groups is 1. The average molecular weight is 176 g/mol. The van der Waals surface area contributed by atoms with Crippen LogP contribution in [0.15, 0.2) is 0 Å². The maximum atomic E-state index is 11.9. The van der Waals surface area contributed by atoms with Gasteiger partial charge in [-0.2, -0.15) is 0 Å². The number of rotatable bonds is 8. The van der Waals surface area contributed by atoms with Crippen molar-refractivity contribution in [2.24, 2.45) is 0 Å². The highest BCUT2D eigenvalue weighted by atomic mass is 19.1. The second-order valence-corrected chi connectivity index (χ2v) is 3.34. The second kappa shape index (κ2) is 8.98. The third kappa shape index (κ3) is 9.89. The molecular formula is C10H21FO. The Bertz CT molecular complexity index is 83.9. The van der Waals surface area contributed by atoms with E-state index in [0.29, 0.717) is 6.42 Å². The van der Waals surface area contributed by atoms with Crippen LogP contribution in [0, 0.1) is 0 Å². The van der Waals surface area contributed by atoms with Crippen LogP contribution >= 0.6 is 0 Å². The third-order valence-electron chi connectivity index (χ3n) is 2.05. The first-order chi connectivity index (χ1) is 5.77. The molecule has 2 heteroatoms. The molecule has 0 heterocycles. The number of alkyl halides is 1. The van der Waals surface area contributed by atoms with Gasteiger partial charge in [0.1, 0.15) is 0 Å². The standard InChI is InChI=1S/C10H21FO/c1-2-3-4-5-6-7-8-9-10(11)12/h10,12H,2-9H2,1H3. The Labute approximate surface area is 75.0 Å². The summed E-state index contributed by atoms with van der Waals surface area (Å²) in [6.07, 6.45) is 6.93. The van der Waals surface area contributed by atoms with Crippen LogP contribution in [0.5, 0.6) is 0 Å². The quantitative estimate of drug-likeness (QED) is 0.562. The van der Waals surface area contributed by atoms with Crippen LogP contribution in [-0.2, 0) is 0 Å². The zero-order chi connectivity index (χ0) is 9.23. The van der Waals surface area contributed by atoms with Crippen LogP contribution in [0.1, 0.15) is 58.3 Å². The summed E-state index contributed by atoms with van der Waals surface area (Å²) in [6.45, 7) is 2.19. The van der Waals surface area contributed by atoms with Gasteiger partial charge >= 0.3 is 0 Å². The number of aliphatic hydroxyl groups excluding tert-OH is 1. The van der Waals surface area contributed by atoms with Gasteiger partial charge in [-0.3, -0.25) is 0 Å². The van der Waals surface area contributed by atoms with Crippen LogP contribution in [0.4, 0.5) is 4.39 Å². The Kier molecular flexibility index (Phi) is 8.90. The van der Waals surface area contributed by atoms with Crippen molar-refractivity contribution in [2.75, 3.05) is 0 Å². The van der Waals surface area contributed by atoms with Crippen molar-refractivity contribution >= 4 is 0 Å². The molecule has 1 nitrogen and oxygen atoms in total. The molecule has 1 N–H and O–H groups in total. The predicted molar refractivity (Wildman–Crippen MR) is 49.7 cm³/mol. The Hall–Kier alpha value is -0.110. The van der Waals surface area contributed by atoms with E-state index in [-0.39, 0.29) is 0 Å². The molecule has 74 valence electrons. The number of hydrogen-bond donors (Lipinski definition) is 1. The SMILES string of the molecule is CCCCCCCCCC(O)F. The van der Waals surface area contributed by atoms with Crippen LogP contribution in [0.2, 0.25) is 0 Å². The van der Waals surface area contributed by atoms with Crippen molar-refractivity contribution in [1.29, 1.82) is 0 Å². The first kappa shape index (κ1) is 11.9.